The molecule has 2 heterocycles. The molecule has 1 N–H and O–H groups in total. The van der Waals surface area contributed by atoms with Crippen LogP contribution in [-0.4, -0.2) is 39.2 Å². The molecule has 6 nitrogen and oxygen atoms in total. The highest BCUT2D eigenvalue weighted by molar-refractivity contribution is 6.08. The Morgan fingerprint density at radius 2 is 1.74 bits per heavy atom. The number of carbonyl (C=O) groups excluding carboxylic acids is 2. The molecule has 2 amide bonds. The van der Waals surface area contributed by atoms with Crippen molar-refractivity contribution in [1.29, 1.82) is 0 Å². The maximum absolute atomic E-state index is 12.8. The molecular weight excluding hydrogens is 340 g/mol. The van der Waals surface area contributed by atoms with Crippen molar-refractivity contribution in [2.75, 3.05) is 18.4 Å². The number of hydrogen-bond donors (Lipinski definition) is 1. The van der Waals surface area contributed by atoms with E-state index in [1.807, 2.05) is 50.2 Å². The lowest BCUT2D eigenvalue weighted by Gasteiger charge is -2.17. The molecule has 0 spiro atoms. The molecule has 0 aliphatic heterocycles. The fraction of sp³-hybridized carbons (Fsp3) is 0.286. The van der Waals surface area contributed by atoms with Crippen LogP contribution in [-0.2, 0) is 6.42 Å². The lowest BCUT2D eigenvalue weighted by Crippen LogP contribution is -2.32. The molecule has 0 bridgehead atoms. The quantitative estimate of drug-likeness (QED) is 0.726. The standard InChI is InChI=1S/C21H24N4O2/c1-4-15-10-12-16(13-11-15)22-20(26)18-17-9-7-8-14-25(17)19(23-18)21(27)24(5-2)6-3/h7-14H,4-6H2,1-3H3,(H,22,26). The van der Waals surface area contributed by atoms with Crippen LogP contribution in [0.4, 0.5) is 5.69 Å². The Labute approximate surface area is 158 Å². The molecule has 0 unspecified atom stereocenters. The van der Waals surface area contributed by atoms with Crippen molar-refractivity contribution >= 4 is 23.0 Å². The Kier molecular flexibility index (Phi) is 5.54. The third kappa shape index (κ3) is 3.69. The van der Waals surface area contributed by atoms with Crippen LogP contribution in [0.5, 0.6) is 0 Å². The molecule has 3 rings (SSSR count). The zero-order valence-corrected chi connectivity index (χ0v) is 15.9. The third-order valence-electron chi connectivity index (χ3n) is 4.63. The second kappa shape index (κ2) is 8.03. The highest BCUT2D eigenvalue weighted by Gasteiger charge is 2.24. The molecule has 140 valence electrons. The molecule has 3 aromatic rings. The highest BCUT2D eigenvalue weighted by Crippen LogP contribution is 2.17. The highest BCUT2D eigenvalue weighted by atomic mass is 16.2. The maximum atomic E-state index is 12.8. The van der Waals surface area contributed by atoms with E-state index < -0.39 is 0 Å². The van der Waals surface area contributed by atoms with E-state index in [9.17, 15) is 9.59 Å². The lowest BCUT2D eigenvalue weighted by atomic mass is 10.1. The van der Waals surface area contributed by atoms with Crippen molar-refractivity contribution in [3.8, 4) is 0 Å². The van der Waals surface area contributed by atoms with Gasteiger partial charge in [0, 0.05) is 25.0 Å². The van der Waals surface area contributed by atoms with E-state index in [1.165, 1.54) is 5.56 Å². The molecule has 1 aromatic carbocycles. The number of fused-ring (bicyclic) bond motifs is 1. The second-order valence-corrected chi connectivity index (χ2v) is 6.22. The van der Waals surface area contributed by atoms with Crippen LogP contribution in [0.3, 0.4) is 0 Å². The van der Waals surface area contributed by atoms with Gasteiger partial charge in [-0.05, 0) is 50.1 Å². The molecule has 0 radical (unpaired) electrons. The van der Waals surface area contributed by atoms with Crippen molar-refractivity contribution in [3.63, 3.8) is 0 Å². The first-order valence-corrected chi connectivity index (χ1v) is 9.25. The van der Waals surface area contributed by atoms with Gasteiger partial charge in [0.25, 0.3) is 11.8 Å². The van der Waals surface area contributed by atoms with Crippen LogP contribution >= 0.6 is 0 Å². The number of aromatic nitrogens is 2. The van der Waals surface area contributed by atoms with Crippen molar-refractivity contribution in [2.24, 2.45) is 0 Å². The number of benzene rings is 1. The number of carbonyl (C=O) groups is 2. The Bertz CT molecular complexity index is 956. The van der Waals surface area contributed by atoms with Crippen molar-refractivity contribution in [3.05, 3.63) is 65.7 Å². The smallest absolute Gasteiger partial charge is 0.290 e. The number of anilines is 1. The molecule has 0 saturated carbocycles. The summed E-state index contributed by atoms with van der Waals surface area (Å²) in [5.41, 5.74) is 2.75. The van der Waals surface area contributed by atoms with E-state index >= 15 is 0 Å². The van der Waals surface area contributed by atoms with Gasteiger partial charge in [0.2, 0.25) is 5.82 Å². The predicted molar refractivity (Wildman–Crippen MR) is 106 cm³/mol. The predicted octanol–water partition coefficient (Wildman–Crippen LogP) is 3.63. The van der Waals surface area contributed by atoms with Crippen LogP contribution in [0.25, 0.3) is 5.52 Å². The van der Waals surface area contributed by atoms with Crippen LogP contribution in [0.1, 0.15) is 47.4 Å². The average molecular weight is 364 g/mol. The molecule has 0 saturated heterocycles. The molecule has 0 aliphatic rings. The van der Waals surface area contributed by atoms with Gasteiger partial charge in [-0.3, -0.25) is 14.0 Å². The van der Waals surface area contributed by atoms with Gasteiger partial charge in [-0.25, -0.2) is 4.98 Å². The molecular formula is C21H24N4O2. The molecule has 27 heavy (non-hydrogen) atoms. The Morgan fingerprint density at radius 1 is 1.04 bits per heavy atom. The topological polar surface area (TPSA) is 66.7 Å². The van der Waals surface area contributed by atoms with Gasteiger partial charge in [0.15, 0.2) is 5.69 Å². The van der Waals surface area contributed by atoms with Gasteiger partial charge < -0.3 is 10.2 Å². The second-order valence-electron chi connectivity index (χ2n) is 6.22. The van der Waals surface area contributed by atoms with E-state index in [-0.39, 0.29) is 23.3 Å². The van der Waals surface area contributed by atoms with Crippen LogP contribution in [0, 0.1) is 0 Å². The van der Waals surface area contributed by atoms with Gasteiger partial charge in [0.05, 0.1) is 5.52 Å². The fourth-order valence-corrected chi connectivity index (χ4v) is 3.02. The summed E-state index contributed by atoms with van der Waals surface area (Å²) in [7, 11) is 0. The van der Waals surface area contributed by atoms with E-state index in [0.717, 1.165) is 6.42 Å². The van der Waals surface area contributed by atoms with Crippen molar-refractivity contribution in [2.45, 2.75) is 27.2 Å². The minimum atomic E-state index is -0.332. The number of imidazole rings is 1. The third-order valence-corrected chi connectivity index (χ3v) is 4.63. The van der Waals surface area contributed by atoms with E-state index in [2.05, 4.69) is 17.2 Å². The monoisotopic (exact) mass is 364 g/mol. The van der Waals surface area contributed by atoms with Gasteiger partial charge in [-0.1, -0.05) is 25.1 Å². The van der Waals surface area contributed by atoms with Gasteiger partial charge in [-0.15, -0.1) is 0 Å². The first kappa shape index (κ1) is 18.6. The van der Waals surface area contributed by atoms with Crippen LogP contribution in [0.2, 0.25) is 0 Å². The van der Waals surface area contributed by atoms with Crippen LogP contribution in [0.15, 0.2) is 48.7 Å². The van der Waals surface area contributed by atoms with Gasteiger partial charge in [-0.2, -0.15) is 0 Å². The number of rotatable bonds is 6. The lowest BCUT2D eigenvalue weighted by molar-refractivity contribution is 0.0760. The summed E-state index contributed by atoms with van der Waals surface area (Å²) in [5.74, 6) is -0.269. The molecule has 0 fully saturated rings. The number of nitrogens with zero attached hydrogens (tertiary/aromatic N) is 3. The van der Waals surface area contributed by atoms with Gasteiger partial charge in [0.1, 0.15) is 0 Å². The fourth-order valence-electron chi connectivity index (χ4n) is 3.02. The van der Waals surface area contributed by atoms with Crippen molar-refractivity contribution < 1.29 is 9.59 Å². The number of aryl methyl sites for hydroxylation is 1. The Balaban J connectivity index is 1.96. The minimum Gasteiger partial charge on any atom is -0.337 e. The van der Waals surface area contributed by atoms with E-state index in [1.54, 1.807) is 21.6 Å². The normalized spacial score (nSPS) is 10.8. The van der Waals surface area contributed by atoms with E-state index in [0.29, 0.717) is 24.3 Å². The largest absolute Gasteiger partial charge is 0.337 e. The molecule has 0 aliphatic carbocycles. The summed E-state index contributed by atoms with van der Waals surface area (Å²) in [5, 5.41) is 2.87. The zero-order chi connectivity index (χ0) is 19.4. The summed E-state index contributed by atoms with van der Waals surface area (Å²) in [6, 6.07) is 13.1. The van der Waals surface area contributed by atoms with E-state index in [4.69, 9.17) is 0 Å². The number of amides is 2. The first-order chi connectivity index (χ1) is 13.1. The Hall–Kier alpha value is -3.15. The molecule has 2 aromatic heterocycles. The SMILES string of the molecule is CCc1ccc(NC(=O)c2nc(C(=O)N(CC)CC)n3ccccc23)cc1. The number of pyridine rings is 1. The summed E-state index contributed by atoms with van der Waals surface area (Å²) < 4.78 is 1.68. The number of nitrogens with one attached hydrogen (secondary N) is 1. The molecule has 0 atom stereocenters. The zero-order valence-electron chi connectivity index (χ0n) is 15.9. The van der Waals surface area contributed by atoms with Crippen molar-refractivity contribution in [1.82, 2.24) is 14.3 Å². The molecule has 6 heteroatoms. The van der Waals surface area contributed by atoms with Gasteiger partial charge >= 0.3 is 0 Å². The summed E-state index contributed by atoms with van der Waals surface area (Å²) in [6.45, 7) is 7.10. The minimum absolute atomic E-state index is 0.187. The first-order valence-electron chi connectivity index (χ1n) is 9.25. The van der Waals surface area contributed by atoms with Crippen LogP contribution < -0.4 is 5.32 Å². The maximum Gasteiger partial charge on any atom is 0.290 e. The number of hydrogen-bond acceptors (Lipinski definition) is 3. The average Bonchev–Trinajstić information content (AvgIpc) is 3.09. The summed E-state index contributed by atoms with van der Waals surface area (Å²) in [4.78, 5) is 31.7. The summed E-state index contributed by atoms with van der Waals surface area (Å²) in [6.07, 6.45) is 2.70. The summed E-state index contributed by atoms with van der Waals surface area (Å²) >= 11 is 0. The Morgan fingerprint density at radius 3 is 2.37 bits per heavy atom.